The Balaban J connectivity index is 1.84. The first-order valence-electron chi connectivity index (χ1n) is 10.4. The monoisotopic (exact) mass is 465 g/mol. The number of nitrogens with one attached hydrogen (secondary N) is 2. The number of aromatic nitrogens is 1. The molecule has 0 saturated heterocycles. The van der Waals surface area contributed by atoms with Crippen LogP contribution in [0.25, 0.3) is 22.0 Å². The van der Waals surface area contributed by atoms with Crippen LogP contribution < -0.4 is 15.4 Å². The smallest absolute Gasteiger partial charge is 0.422 e. The van der Waals surface area contributed by atoms with E-state index in [4.69, 9.17) is 16.3 Å². The van der Waals surface area contributed by atoms with Gasteiger partial charge in [0.1, 0.15) is 5.75 Å². The van der Waals surface area contributed by atoms with Crippen molar-refractivity contribution >= 4 is 28.2 Å². The Hall–Kier alpha value is -2.51. The molecule has 32 heavy (non-hydrogen) atoms. The molecular formula is C24H27ClF3N3O. The van der Waals surface area contributed by atoms with Gasteiger partial charge in [-0.25, -0.2) is 0 Å². The number of alkyl halides is 3. The zero-order valence-electron chi connectivity index (χ0n) is 18.3. The molecule has 8 heteroatoms. The van der Waals surface area contributed by atoms with Gasteiger partial charge in [-0.05, 0) is 69.6 Å². The van der Waals surface area contributed by atoms with E-state index in [0.717, 1.165) is 47.2 Å². The van der Waals surface area contributed by atoms with E-state index in [9.17, 15) is 13.2 Å². The molecule has 3 aromatic rings. The predicted molar refractivity (Wildman–Crippen MR) is 125 cm³/mol. The van der Waals surface area contributed by atoms with E-state index >= 15 is 0 Å². The maximum atomic E-state index is 12.4. The van der Waals surface area contributed by atoms with Gasteiger partial charge in [-0.3, -0.25) is 4.98 Å². The van der Waals surface area contributed by atoms with Crippen LogP contribution in [0.15, 0.2) is 48.7 Å². The van der Waals surface area contributed by atoms with Crippen LogP contribution >= 0.6 is 11.6 Å². The van der Waals surface area contributed by atoms with Crippen molar-refractivity contribution in [3.63, 3.8) is 0 Å². The Bertz CT molecular complexity index is 1050. The van der Waals surface area contributed by atoms with Crippen LogP contribution in [0.1, 0.15) is 27.2 Å². The summed E-state index contributed by atoms with van der Waals surface area (Å²) in [5.41, 5.74) is 3.41. The van der Waals surface area contributed by atoms with Crippen LogP contribution in [0.4, 0.5) is 18.9 Å². The summed E-state index contributed by atoms with van der Waals surface area (Å²) in [4.78, 5) is 4.53. The SMILES string of the molecule is CC(C)(C)NCCCNc1c(-c2ccc(OCC(F)(F)F)cc2)cnc2cc(Cl)ccc12. The molecule has 0 aliphatic heterocycles. The maximum Gasteiger partial charge on any atom is 0.422 e. The maximum absolute atomic E-state index is 12.4. The largest absolute Gasteiger partial charge is 0.484 e. The fraction of sp³-hybridized carbons (Fsp3) is 0.375. The molecule has 172 valence electrons. The van der Waals surface area contributed by atoms with Gasteiger partial charge >= 0.3 is 6.18 Å². The number of nitrogens with zero attached hydrogens (tertiary/aromatic N) is 1. The van der Waals surface area contributed by atoms with Crippen LogP contribution in [-0.2, 0) is 0 Å². The minimum absolute atomic E-state index is 0.0568. The van der Waals surface area contributed by atoms with E-state index in [-0.39, 0.29) is 11.3 Å². The highest BCUT2D eigenvalue weighted by molar-refractivity contribution is 6.31. The topological polar surface area (TPSA) is 46.2 Å². The molecule has 0 saturated carbocycles. The highest BCUT2D eigenvalue weighted by Gasteiger charge is 2.28. The zero-order valence-corrected chi connectivity index (χ0v) is 19.1. The summed E-state index contributed by atoms with van der Waals surface area (Å²) in [6.07, 6.45) is -1.71. The van der Waals surface area contributed by atoms with Gasteiger partial charge < -0.3 is 15.4 Å². The number of pyridine rings is 1. The second-order valence-electron chi connectivity index (χ2n) is 8.59. The van der Waals surface area contributed by atoms with Crippen molar-refractivity contribution in [3.05, 3.63) is 53.7 Å². The summed E-state index contributed by atoms with van der Waals surface area (Å²) < 4.78 is 42.0. The van der Waals surface area contributed by atoms with E-state index in [1.165, 1.54) is 12.1 Å². The van der Waals surface area contributed by atoms with Gasteiger partial charge in [0, 0.05) is 34.3 Å². The molecule has 0 radical (unpaired) electrons. The summed E-state index contributed by atoms with van der Waals surface area (Å²) in [5.74, 6) is 0.161. The normalized spacial score (nSPS) is 12.2. The number of benzene rings is 2. The van der Waals surface area contributed by atoms with Gasteiger partial charge in [-0.15, -0.1) is 0 Å². The van der Waals surface area contributed by atoms with Gasteiger partial charge in [0.15, 0.2) is 6.61 Å². The fourth-order valence-corrected chi connectivity index (χ4v) is 3.40. The van der Waals surface area contributed by atoms with E-state index in [1.54, 1.807) is 24.4 Å². The molecule has 4 nitrogen and oxygen atoms in total. The Labute approximate surface area is 191 Å². The van der Waals surface area contributed by atoms with Crippen molar-refractivity contribution in [2.45, 2.75) is 38.9 Å². The number of rotatable bonds is 8. The van der Waals surface area contributed by atoms with Gasteiger partial charge in [0.2, 0.25) is 0 Å². The molecule has 2 N–H and O–H groups in total. The lowest BCUT2D eigenvalue weighted by atomic mass is 10.0. The lowest BCUT2D eigenvalue weighted by Gasteiger charge is -2.21. The van der Waals surface area contributed by atoms with Crippen molar-refractivity contribution in [3.8, 4) is 16.9 Å². The minimum atomic E-state index is -4.37. The number of anilines is 1. The Morgan fingerprint density at radius 3 is 2.38 bits per heavy atom. The molecule has 0 bridgehead atoms. The zero-order chi connectivity index (χ0) is 23.4. The van der Waals surface area contributed by atoms with Crippen LogP contribution in [0.3, 0.4) is 0 Å². The molecular weight excluding hydrogens is 439 g/mol. The van der Waals surface area contributed by atoms with Crippen molar-refractivity contribution < 1.29 is 17.9 Å². The highest BCUT2D eigenvalue weighted by atomic mass is 35.5. The molecule has 2 aromatic carbocycles. The van der Waals surface area contributed by atoms with Crippen LogP contribution in [0, 0.1) is 0 Å². The number of fused-ring (bicyclic) bond motifs is 1. The van der Waals surface area contributed by atoms with E-state index in [1.807, 2.05) is 12.1 Å². The molecule has 0 atom stereocenters. The third-order valence-electron chi connectivity index (χ3n) is 4.71. The third-order valence-corrected chi connectivity index (χ3v) is 4.94. The molecule has 1 heterocycles. The standard InChI is InChI=1S/C24H27ClF3N3O/c1-23(2,3)31-12-4-11-29-22-19-10-7-17(25)13-21(19)30-14-20(22)16-5-8-18(9-6-16)32-15-24(26,27)28/h5-10,13-14,31H,4,11-12,15H2,1-3H3,(H,29,30). The first-order valence-corrected chi connectivity index (χ1v) is 10.8. The molecule has 3 rings (SSSR count). The van der Waals surface area contributed by atoms with Crippen molar-refractivity contribution in [1.29, 1.82) is 0 Å². The van der Waals surface area contributed by atoms with Crippen LogP contribution in [0.2, 0.25) is 5.02 Å². The van der Waals surface area contributed by atoms with Crippen molar-refractivity contribution in [2.24, 2.45) is 0 Å². The van der Waals surface area contributed by atoms with Crippen LogP contribution in [-0.4, -0.2) is 36.4 Å². The quantitative estimate of drug-likeness (QED) is 0.364. The summed E-state index contributed by atoms with van der Waals surface area (Å²) in [6.45, 7) is 6.67. The van der Waals surface area contributed by atoms with Gasteiger partial charge in [-0.1, -0.05) is 23.7 Å². The molecule has 0 aliphatic carbocycles. The molecule has 1 aromatic heterocycles. The number of ether oxygens (including phenoxy) is 1. The Kier molecular flexibility index (Phi) is 7.51. The van der Waals surface area contributed by atoms with Gasteiger partial charge in [0.25, 0.3) is 0 Å². The van der Waals surface area contributed by atoms with Gasteiger partial charge in [0.05, 0.1) is 11.2 Å². The summed E-state index contributed by atoms with van der Waals surface area (Å²) in [6, 6.07) is 12.1. The van der Waals surface area contributed by atoms with E-state index in [0.29, 0.717) is 5.02 Å². The number of halogens is 4. The minimum Gasteiger partial charge on any atom is -0.484 e. The molecule has 0 aliphatic rings. The second-order valence-corrected chi connectivity index (χ2v) is 9.03. The number of hydrogen-bond acceptors (Lipinski definition) is 4. The summed E-state index contributed by atoms with van der Waals surface area (Å²) >= 11 is 6.13. The predicted octanol–water partition coefficient (Wildman–Crippen LogP) is 6.69. The lowest BCUT2D eigenvalue weighted by Crippen LogP contribution is -2.36. The third kappa shape index (κ3) is 7.00. The van der Waals surface area contributed by atoms with Gasteiger partial charge in [-0.2, -0.15) is 13.2 Å². The fourth-order valence-electron chi connectivity index (χ4n) is 3.24. The number of hydrogen-bond donors (Lipinski definition) is 2. The second kappa shape index (κ2) is 9.96. The average Bonchev–Trinajstić information content (AvgIpc) is 2.71. The first kappa shape index (κ1) is 24.1. The lowest BCUT2D eigenvalue weighted by molar-refractivity contribution is -0.153. The molecule has 0 spiro atoms. The van der Waals surface area contributed by atoms with Crippen molar-refractivity contribution in [2.75, 3.05) is 25.0 Å². The summed E-state index contributed by atoms with van der Waals surface area (Å²) in [5, 5.41) is 8.51. The molecule has 0 amide bonds. The molecule has 0 fully saturated rings. The molecule has 0 unspecified atom stereocenters. The Morgan fingerprint density at radius 2 is 1.72 bits per heavy atom. The van der Waals surface area contributed by atoms with E-state index in [2.05, 4.69) is 36.4 Å². The van der Waals surface area contributed by atoms with Crippen molar-refractivity contribution in [1.82, 2.24) is 10.3 Å². The highest BCUT2D eigenvalue weighted by Crippen LogP contribution is 2.35. The Morgan fingerprint density at radius 1 is 1.00 bits per heavy atom. The first-order chi connectivity index (χ1) is 15.0. The van der Waals surface area contributed by atoms with Crippen LogP contribution in [0.5, 0.6) is 5.75 Å². The average molecular weight is 466 g/mol. The summed E-state index contributed by atoms with van der Waals surface area (Å²) in [7, 11) is 0. The van der Waals surface area contributed by atoms with E-state index < -0.39 is 12.8 Å².